The van der Waals surface area contributed by atoms with E-state index in [1.165, 1.54) is 116 Å². The van der Waals surface area contributed by atoms with Crippen LogP contribution in [0.5, 0.6) is 0 Å². The van der Waals surface area contributed by atoms with Gasteiger partial charge in [-0.3, -0.25) is 0 Å². The molecule has 1 nitrogen and oxygen atoms in total. The van der Waals surface area contributed by atoms with Crippen LogP contribution in [-0.2, 0) is 0 Å². The van der Waals surface area contributed by atoms with Gasteiger partial charge in [-0.2, -0.15) is 5.26 Å². The van der Waals surface area contributed by atoms with Gasteiger partial charge in [-0.15, -0.1) is 0 Å². The molecule has 4 atom stereocenters. The predicted molar refractivity (Wildman–Crippen MR) is 120 cm³/mol. The highest BCUT2D eigenvalue weighted by Gasteiger charge is 2.44. The van der Waals surface area contributed by atoms with E-state index in [2.05, 4.69) is 19.9 Å². The molecular formula is C27H47N. The summed E-state index contributed by atoms with van der Waals surface area (Å²) in [6, 6.07) is 2.82. The van der Waals surface area contributed by atoms with Gasteiger partial charge in [-0.25, -0.2) is 0 Å². The third-order valence-electron chi connectivity index (χ3n) is 9.10. The maximum atomic E-state index is 9.98. The van der Waals surface area contributed by atoms with Gasteiger partial charge in [0.2, 0.25) is 0 Å². The number of nitriles is 1. The molecule has 28 heavy (non-hydrogen) atoms. The third kappa shape index (κ3) is 5.77. The highest BCUT2D eigenvalue weighted by atomic mass is 14.5. The largest absolute Gasteiger partial charge is 0.198 e. The molecule has 3 saturated carbocycles. The zero-order chi connectivity index (χ0) is 19.8. The molecule has 0 radical (unpaired) electrons. The van der Waals surface area contributed by atoms with E-state index in [0.29, 0.717) is 0 Å². The van der Waals surface area contributed by atoms with E-state index in [9.17, 15) is 5.26 Å². The summed E-state index contributed by atoms with van der Waals surface area (Å²) in [5.74, 6) is 4.93. The SMILES string of the molecule is CCCCCCC1(C#N)CCC2CC(C3CCC(CCCC)CC3)CCC2C1. The zero-order valence-electron chi connectivity index (χ0n) is 19.1. The topological polar surface area (TPSA) is 23.8 Å². The maximum Gasteiger partial charge on any atom is 0.0689 e. The van der Waals surface area contributed by atoms with Crippen molar-refractivity contribution < 1.29 is 0 Å². The fourth-order valence-electron chi connectivity index (χ4n) is 7.19. The van der Waals surface area contributed by atoms with Gasteiger partial charge in [-0.05, 0) is 87.4 Å². The molecule has 0 N–H and O–H groups in total. The van der Waals surface area contributed by atoms with Gasteiger partial charge in [0, 0.05) is 0 Å². The van der Waals surface area contributed by atoms with Crippen molar-refractivity contribution in [2.75, 3.05) is 0 Å². The predicted octanol–water partition coefficient (Wildman–Crippen LogP) is 8.68. The lowest BCUT2D eigenvalue weighted by Crippen LogP contribution is -2.38. The molecular weight excluding hydrogens is 338 g/mol. The van der Waals surface area contributed by atoms with Gasteiger partial charge in [0.1, 0.15) is 0 Å². The van der Waals surface area contributed by atoms with Crippen molar-refractivity contribution >= 4 is 0 Å². The van der Waals surface area contributed by atoms with E-state index in [1.54, 1.807) is 0 Å². The Morgan fingerprint density at radius 3 is 2.14 bits per heavy atom. The summed E-state index contributed by atoms with van der Waals surface area (Å²) < 4.78 is 0. The maximum absolute atomic E-state index is 9.98. The minimum atomic E-state index is 0.0408. The van der Waals surface area contributed by atoms with Crippen LogP contribution in [0.15, 0.2) is 0 Å². The summed E-state index contributed by atoms with van der Waals surface area (Å²) >= 11 is 0. The lowest BCUT2D eigenvalue weighted by molar-refractivity contribution is 0.0377. The fraction of sp³-hybridized carbons (Fsp3) is 0.963. The van der Waals surface area contributed by atoms with Crippen LogP contribution in [0.2, 0.25) is 0 Å². The van der Waals surface area contributed by atoms with Crippen molar-refractivity contribution in [2.45, 2.75) is 129 Å². The molecule has 160 valence electrons. The summed E-state index contributed by atoms with van der Waals surface area (Å²) in [6.07, 6.45) is 25.0. The van der Waals surface area contributed by atoms with Gasteiger partial charge in [0.05, 0.1) is 11.5 Å². The second-order valence-corrected chi connectivity index (χ2v) is 11.0. The first kappa shape index (κ1) is 22.2. The second-order valence-electron chi connectivity index (χ2n) is 11.0. The van der Waals surface area contributed by atoms with E-state index in [0.717, 1.165) is 29.6 Å². The van der Waals surface area contributed by atoms with Crippen LogP contribution in [-0.4, -0.2) is 0 Å². The molecule has 3 fully saturated rings. The smallest absolute Gasteiger partial charge is 0.0689 e. The molecule has 1 heteroatoms. The number of nitrogens with zero attached hydrogens (tertiary/aromatic N) is 1. The first-order valence-electron chi connectivity index (χ1n) is 13.1. The van der Waals surface area contributed by atoms with Gasteiger partial charge >= 0.3 is 0 Å². The first-order chi connectivity index (χ1) is 13.7. The summed E-state index contributed by atoms with van der Waals surface area (Å²) in [7, 11) is 0. The molecule has 3 aliphatic rings. The second kappa shape index (κ2) is 11.0. The number of unbranched alkanes of at least 4 members (excludes halogenated alkanes) is 4. The van der Waals surface area contributed by atoms with Gasteiger partial charge in [-0.1, -0.05) is 71.6 Å². The molecule has 0 aromatic carbocycles. The van der Waals surface area contributed by atoms with Crippen molar-refractivity contribution in [3.63, 3.8) is 0 Å². The third-order valence-corrected chi connectivity index (χ3v) is 9.10. The fourth-order valence-corrected chi connectivity index (χ4v) is 7.19. The molecule has 3 rings (SSSR count). The summed E-state index contributed by atoms with van der Waals surface area (Å²) in [5.41, 5.74) is 0.0408. The van der Waals surface area contributed by atoms with Crippen molar-refractivity contribution in [3.8, 4) is 6.07 Å². The molecule has 0 saturated heterocycles. The van der Waals surface area contributed by atoms with Crippen molar-refractivity contribution in [3.05, 3.63) is 0 Å². The molecule has 0 bridgehead atoms. The quantitative estimate of drug-likeness (QED) is 0.364. The van der Waals surface area contributed by atoms with Gasteiger partial charge < -0.3 is 0 Å². The first-order valence-corrected chi connectivity index (χ1v) is 13.1. The van der Waals surface area contributed by atoms with E-state index >= 15 is 0 Å². The molecule has 0 amide bonds. The Labute approximate surface area is 176 Å². The minimum Gasteiger partial charge on any atom is -0.198 e. The van der Waals surface area contributed by atoms with Crippen molar-refractivity contribution in [2.24, 2.45) is 35.0 Å². The minimum absolute atomic E-state index is 0.0408. The molecule has 0 spiro atoms. The molecule has 0 aliphatic heterocycles. The standard InChI is InChI=1S/C27H47N/c1-3-5-7-8-17-27(21-28)18-16-25-19-24(14-15-26(25)20-27)23-12-10-22(11-13-23)9-6-4-2/h22-26H,3-20H2,1-2H3. The Balaban J connectivity index is 1.44. The number of hydrogen-bond donors (Lipinski definition) is 0. The zero-order valence-corrected chi connectivity index (χ0v) is 19.1. The monoisotopic (exact) mass is 385 g/mol. The van der Waals surface area contributed by atoms with E-state index in [4.69, 9.17) is 0 Å². The van der Waals surface area contributed by atoms with Crippen LogP contribution in [0.3, 0.4) is 0 Å². The highest BCUT2D eigenvalue weighted by molar-refractivity contribution is 5.04. The molecule has 4 unspecified atom stereocenters. The van der Waals surface area contributed by atoms with Crippen molar-refractivity contribution in [1.29, 1.82) is 5.26 Å². The van der Waals surface area contributed by atoms with Gasteiger partial charge in [0.25, 0.3) is 0 Å². The van der Waals surface area contributed by atoms with E-state index in [-0.39, 0.29) is 5.41 Å². The van der Waals surface area contributed by atoms with Crippen LogP contribution in [0.1, 0.15) is 129 Å². The van der Waals surface area contributed by atoms with Crippen LogP contribution < -0.4 is 0 Å². The summed E-state index contributed by atoms with van der Waals surface area (Å²) in [5, 5.41) is 9.98. The molecule has 0 aromatic rings. The van der Waals surface area contributed by atoms with Crippen molar-refractivity contribution in [1.82, 2.24) is 0 Å². The van der Waals surface area contributed by atoms with Crippen LogP contribution >= 0.6 is 0 Å². The average molecular weight is 386 g/mol. The van der Waals surface area contributed by atoms with Crippen LogP contribution in [0.4, 0.5) is 0 Å². The number of rotatable bonds is 9. The Hall–Kier alpha value is -0.510. The normalized spacial score (nSPS) is 38.5. The highest BCUT2D eigenvalue weighted by Crippen LogP contribution is 2.53. The molecule has 0 heterocycles. The molecule has 3 aliphatic carbocycles. The Morgan fingerprint density at radius 1 is 0.750 bits per heavy atom. The Bertz CT molecular complexity index is 483. The number of fused-ring (bicyclic) bond motifs is 1. The van der Waals surface area contributed by atoms with Crippen LogP contribution in [0.25, 0.3) is 0 Å². The van der Waals surface area contributed by atoms with E-state index < -0.39 is 0 Å². The van der Waals surface area contributed by atoms with Gasteiger partial charge in [0.15, 0.2) is 0 Å². The lowest BCUT2D eigenvalue weighted by atomic mass is 9.57. The Morgan fingerprint density at radius 2 is 1.43 bits per heavy atom. The summed E-state index contributed by atoms with van der Waals surface area (Å²) in [4.78, 5) is 0. The Kier molecular flexibility index (Phi) is 8.74. The van der Waals surface area contributed by atoms with Crippen LogP contribution in [0, 0.1) is 46.3 Å². The van der Waals surface area contributed by atoms with E-state index in [1.807, 2.05) is 0 Å². The average Bonchev–Trinajstić information content (AvgIpc) is 2.75. The summed E-state index contributed by atoms with van der Waals surface area (Å²) in [6.45, 7) is 4.61. The lowest BCUT2D eigenvalue weighted by Gasteiger charge is -2.47. The molecule has 0 aromatic heterocycles. The number of hydrogen-bond acceptors (Lipinski definition) is 1.